The molecule has 0 aromatic rings. The van der Waals surface area contributed by atoms with Crippen LogP contribution in [0.15, 0.2) is 0 Å². The van der Waals surface area contributed by atoms with Gasteiger partial charge in [0.15, 0.2) is 0 Å². The summed E-state index contributed by atoms with van der Waals surface area (Å²) in [5.41, 5.74) is 0. The third kappa shape index (κ3) is 1.15. The minimum atomic E-state index is 0. The molecule has 0 aliphatic heterocycles. The number of hydrogen-bond donors (Lipinski definition) is 0. The van der Waals surface area contributed by atoms with Crippen molar-refractivity contribution < 1.29 is 19.5 Å². The minimum Gasteiger partial charge on any atom is -0.322 e. The van der Waals surface area contributed by atoms with Gasteiger partial charge in [-0.3, -0.25) is 0 Å². The van der Waals surface area contributed by atoms with Crippen molar-refractivity contribution in [2.24, 2.45) is 53.3 Å². The van der Waals surface area contributed by atoms with Gasteiger partial charge >= 0.3 is 0 Å². The summed E-state index contributed by atoms with van der Waals surface area (Å²) >= 11 is 0. The molecular weight excluding hydrogens is 283 g/mol. The predicted molar refractivity (Wildman–Crippen MR) is 62.0 cm³/mol. The molecule has 0 aromatic heterocycles. The monoisotopic (exact) mass is 306 g/mol. The van der Waals surface area contributed by atoms with Crippen LogP contribution in [0.4, 0.5) is 0 Å². The Hall–Kier alpha value is 0.623. The standard InChI is InChI=1S/C15H23.Rh/c1-7-4-10-5-11(7)15-13-6-12(14(10)15)8(2)9(13)3;/h4,7-15H,5-6H2,1-3H3;/q-1;. The third-order valence-electron chi connectivity index (χ3n) is 6.92. The van der Waals surface area contributed by atoms with Gasteiger partial charge in [-0.15, -0.1) is 0 Å². The van der Waals surface area contributed by atoms with Crippen molar-refractivity contribution in [2.75, 3.05) is 0 Å². The van der Waals surface area contributed by atoms with Crippen molar-refractivity contribution in [1.82, 2.24) is 0 Å². The molecule has 9 unspecified atom stereocenters. The Kier molecular flexibility index (Phi) is 2.60. The van der Waals surface area contributed by atoms with Crippen molar-refractivity contribution in [3.05, 3.63) is 6.42 Å². The van der Waals surface area contributed by atoms with Gasteiger partial charge in [-0.2, -0.15) is 11.8 Å². The number of fused-ring (bicyclic) bond motifs is 9. The van der Waals surface area contributed by atoms with E-state index in [1.54, 1.807) is 12.8 Å². The van der Waals surface area contributed by atoms with E-state index in [9.17, 15) is 0 Å². The van der Waals surface area contributed by atoms with Crippen LogP contribution >= 0.6 is 0 Å². The normalized spacial score (nSPS) is 65.8. The van der Waals surface area contributed by atoms with E-state index in [1.165, 1.54) is 0 Å². The number of hydrogen-bond acceptors (Lipinski definition) is 0. The van der Waals surface area contributed by atoms with Gasteiger partial charge in [-0.1, -0.05) is 39.0 Å². The molecule has 0 spiro atoms. The molecule has 0 nitrogen and oxygen atoms in total. The smallest absolute Gasteiger partial charge is 0 e. The summed E-state index contributed by atoms with van der Waals surface area (Å²) in [6.45, 7) is 7.54. The van der Waals surface area contributed by atoms with Gasteiger partial charge in [-0.05, 0) is 36.0 Å². The van der Waals surface area contributed by atoms with Crippen LogP contribution in [0.2, 0.25) is 0 Å². The van der Waals surface area contributed by atoms with Gasteiger partial charge < -0.3 is 6.42 Å². The van der Waals surface area contributed by atoms with Gasteiger partial charge in [-0.25, -0.2) is 0 Å². The van der Waals surface area contributed by atoms with E-state index >= 15 is 0 Å². The van der Waals surface area contributed by atoms with E-state index < -0.39 is 0 Å². The second-order valence-electron chi connectivity index (χ2n) is 7.05. The Morgan fingerprint density at radius 1 is 0.812 bits per heavy atom. The third-order valence-corrected chi connectivity index (χ3v) is 6.92. The zero-order valence-electron chi connectivity index (χ0n) is 10.5. The molecule has 0 amide bonds. The summed E-state index contributed by atoms with van der Waals surface area (Å²) in [5.74, 6) is 9.61. The summed E-state index contributed by atoms with van der Waals surface area (Å²) < 4.78 is 0. The van der Waals surface area contributed by atoms with Crippen molar-refractivity contribution >= 4 is 0 Å². The molecule has 4 rings (SSSR count). The molecule has 4 fully saturated rings. The predicted octanol–water partition coefficient (Wildman–Crippen LogP) is 3.63. The Balaban J connectivity index is 0.000000810. The molecule has 0 N–H and O–H groups in total. The maximum atomic E-state index is 2.71. The molecule has 9 atom stereocenters. The van der Waals surface area contributed by atoms with Gasteiger partial charge in [0.25, 0.3) is 0 Å². The topological polar surface area (TPSA) is 0 Å². The van der Waals surface area contributed by atoms with Crippen LogP contribution in [0.1, 0.15) is 33.6 Å². The first-order valence-electron chi connectivity index (χ1n) is 7.03. The average molecular weight is 306 g/mol. The van der Waals surface area contributed by atoms with E-state index in [4.69, 9.17) is 0 Å². The van der Waals surface area contributed by atoms with E-state index in [1.807, 2.05) is 0 Å². The Labute approximate surface area is 113 Å². The molecule has 4 aliphatic carbocycles. The molecule has 1 heteroatoms. The molecule has 0 heterocycles. The largest absolute Gasteiger partial charge is 0.322 e. The zero-order chi connectivity index (χ0) is 10.3. The molecule has 1 radical (unpaired) electrons. The first kappa shape index (κ1) is 11.7. The van der Waals surface area contributed by atoms with Crippen molar-refractivity contribution in [3.63, 3.8) is 0 Å². The molecule has 0 saturated heterocycles. The van der Waals surface area contributed by atoms with Gasteiger partial charge in [0.05, 0.1) is 0 Å². The van der Waals surface area contributed by atoms with Crippen LogP contribution in [0.3, 0.4) is 0 Å². The minimum absolute atomic E-state index is 0. The second-order valence-corrected chi connectivity index (χ2v) is 7.05. The van der Waals surface area contributed by atoms with Crippen LogP contribution in [0.25, 0.3) is 0 Å². The molecule has 4 aliphatic rings. The average Bonchev–Trinajstić information content (AvgIpc) is 2.86. The molecule has 93 valence electrons. The molecular formula is C15H23Rh-. The summed E-state index contributed by atoms with van der Waals surface area (Å²) in [5, 5.41) is 0. The van der Waals surface area contributed by atoms with Crippen molar-refractivity contribution in [2.45, 2.75) is 33.6 Å². The van der Waals surface area contributed by atoms with Crippen LogP contribution in [0.5, 0.6) is 0 Å². The quantitative estimate of drug-likeness (QED) is 0.364. The zero-order valence-corrected chi connectivity index (χ0v) is 12.2. The maximum Gasteiger partial charge on any atom is 0 e. The molecule has 4 bridgehead atoms. The van der Waals surface area contributed by atoms with E-state index in [0.29, 0.717) is 0 Å². The van der Waals surface area contributed by atoms with Crippen molar-refractivity contribution in [1.29, 1.82) is 0 Å². The summed E-state index contributed by atoms with van der Waals surface area (Å²) in [7, 11) is 0. The Morgan fingerprint density at radius 3 is 2.12 bits per heavy atom. The summed E-state index contributed by atoms with van der Waals surface area (Å²) in [6.07, 6.45) is 5.86. The van der Waals surface area contributed by atoms with E-state index in [0.717, 1.165) is 53.3 Å². The van der Waals surface area contributed by atoms with Gasteiger partial charge in [0, 0.05) is 19.5 Å². The Morgan fingerprint density at radius 2 is 1.44 bits per heavy atom. The molecule has 4 saturated carbocycles. The first-order valence-corrected chi connectivity index (χ1v) is 7.03. The van der Waals surface area contributed by atoms with Crippen LogP contribution in [-0.4, -0.2) is 0 Å². The van der Waals surface area contributed by atoms with Crippen LogP contribution in [-0.2, 0) is 19.5 Å². The Bertz CT molecular complexity index is 300. The maximum absolute atomic E-state index is 2.71. The number of rotatable bonds is 0. The van der Waals surface area contributed by atoms with E-state index in [-0.39, 0.29) is 19.5 Å². The SMILES string of the molecule is CC1[CH-]C2CC1C1C3CC(C(C)C3C)C21.[Rh]. The van der Waals surface area contributed by atoms with Gasteiger partial charge in [0.1, 0.15) is 0 Å². The fourth-order valence-electron chi connectivity index (χ4n) is 6.25. The molecule has 0 aromatic carbocycles. The summed E-state index contributed by atoms with van der Waals surface area (Å²) in [4.78, 5) is 0. The second kappa shape index (κ2) is 3.56. The fraction of sp³-hybridized carbons (Fsp3) is 0.933. The van der Waals surface area contributed by atoms with Crippen molar-refractivity contribution in [3.8, 4) is 0 Å². The fourth-order valence-corrected chi connectivity index (χ4v) is 6.25. The van der Waals surface area contributed by atoms with Crippen LogP contribution in [0, 0.1) is 59.7 Å². The molecule has 16 heavy (non-hydrogen) atoms. The first-order chi connectivity index (χ1) is 7.18. The van der Waals surface area contributed by atoms with Crippen LogP contribution < -0.4 is 0 Å². The van der Waals surface area contributed by atoms with Gasteiger partial charge in [0.2, 0.25) is 0 Å². The van der Waals surface area contributed by atoms with E-state index in [2.05, 4.69) is 27.2 Å². The summed E-state index contributed by atoms with van der Waals surface area (Å²) in [6, 6.07) is 0.